The number of ether oxygens (including phenoxy) is 1. The van der Waals surface area contributed by atoms with E-state index in [0.717, 1.165) is 18.4 Å². The van der Waals surface area contributed by atoms with Gasteiger partial charge in [0.2, 0.25) is 0 Å². The first-order chi connectivity index (χ1) is 8.20. The maximum atomic E-state index is 12.1. The molecule has 1 aromatic carbocycles. The number of Topliss-reactive ketones (excluding diaryl/α,β-unsaturated/α-hetero) is 1. The van der Waals surface area contributed by atoms with Crippen molar-refractivity contribution < 1.29 is 9.53 Å². The first-order valence-corrected chi connectivity index (χ1v) is 6.47. The molecule has 0 amide bonds. The molecule has 2 nitrogen and oxygen atoms in total. The summed E-state index contributed by atoms with van der Waals surface area (Å²) in [6.45, 7) is 2.53. The molecular weight excluding hydrogens is 236 g/mol. The highest BCUT2D eigenvalue weighted by molar-refractivity contribution is 6.30. The summed E-state index contributed by atoms with van der Waals surface area (Å²) in [6, 6.07) is 7.46. The van der Waals surface area contributed by atoms with Crippen molar-refractivity contribution in [2.75, 3.05) is 6.61 Å². The van der Waals surface area contributed by atoms with Crippen molar-refractivity contribution in [2.24, 2.45) is 5.92 Å². The number of benzene rings is 1. The van der Waals surface area contributed by atoms with Crippen LogP contribution in [0, 0.1) is 5.92 Å². The van der Waals surface area contributed by atoms with E-state index < -0.39 is 0 Å². The van der Waals surface area contributed by atoms with Crippen molar-refractivity contribution in [2.45, 2.75) is 32.3 Å². The molecule has 0 aromatic heterocycles. The van der Waals surface area contributed by atoms with E-state index in [0.29, 0.717) is 24.0 Å². The summed E-state index contributed by atoms with van der Waals surface area (Å²) in [4.78, 5) is 12.1. The molecule has 1 aliphatic carbocycles. The Morgan fingerprint density at radius 3 is 2.88 bits per heavy atom. The van der Waals surface area contributed by atoms with E-state index in [2.05, 4.69) is 0 Å². The third-order valence-electron chi connectivity index (χ3n) is 2.98. The molecule has 0 N–H and O–H groups in total. The van der Waals surface area contributed by atoms with Crippen LogP contribution in [0.5, 0.6) is 0 Å². The summed E-state index contributed by atoms with van der Waals surface area (Å²) in [5.74, 6) is 0.623. The van der Waals surface area contributed by atoms with Gasteiger partial charge in [-0.05, 0) is 43.4 Å². The van der Waals surface area contributed by atoms with E-state index in [-0.39, 0.29) is 11.9 Å². The number of ketones is 1. The predicted octanol–water partition coefficient (Wildman–Crippen LogP) is 3.27. The fourth-order valence-electron chi connectivity index (χ4n) is 2.02. The number of halogens is 1. The second-order valence-electron chi connectivity index (χ2n) is 4.49. The lowest BCUT2D eigenvalue weighted by Gasteiger charge is -2.15. The molecular formula is C14H17ClO2. The van der Waals surface area contributed by atoms with Gasteiger partial charge in [0.15, 0.2) is 5.78 Å². The zero-order chi connectivity index (χ0) is 12.3. The summed E-state index contributed by atoms with van der Waals surface area (Å²) in [7, 11) is 0. The molecule has 0 aliphatic heterocycles. The van der Waals surface area contributed by atoms with E-state index in [1.54, 1.807) is 0 Å². The smallest absolute Gasteiger partial charge is 0.166 e. The lowest BCUT2D eigenvalue weighted by Crippen LogP contribution is -2.28. The molecule has 0 radical (unpaired) electrons. The monoisotopic (exact) mass is 252 g/mol. The molecule has 0 bridgehead atoms. The summed E-state index contributed by atoms with van der Waals surface area (Å²) < 4.78 is 5.55. The van der Waals surface area contributed by atoms with Crippen LogP contribution in [0.3, 0.4) is 0 Å². The Labute approximate surface area is 107 Å². The van der Waals surface area contributed by atoms with E-state index in [4.69, 9.17) is 16.3 Å². The molecule has 1 saturated carbocycles. The summed E-state index contributed by atoms with van der Waals surface area (Å²) >= 11 is 5.90. The molecule has 0 spiro atoms. The van der Waals surface area contributed by atoms with Crippen LogP contribution in [-0.2, 0) is 16.0 Å². The quantitative estimate of drug-likeness (QED) is 0.777. The molecule has 0 saturated heterocycles. The zero-order valence-electron chi connectivity index (χ0n) is 9.99. The van der Waals surface area contributed by atoms with Gasteiger partial charge in [0.1, 0.15) is 6.10 Å². The Balaban J connectivity index is 1.99. The molecule has 1 aliphatic rings. The fraction of sp³-hybridized carbons (Fsp3) is 0.500. The van der Waals surface area contributed by atoms with E-state index in [9.17, 15) is 4.79 Å². The van der Waals surface area contributed by atoms with Crippen LogP contribution < -0.4 is 0 Å². The van der Waals surface area contributed by atoms with E-state index >= 15 is 0 Å². The van der Waals surface area contributed by atoms with E-state index in [1.807, 2.05) is 31.2 Å². The Morgan fingerprint density at radius 1 is 1.53 bits per heavy atom. The van der Waals surface area contributed by atoms with Gasteiger partial charge in [-0.1, -0.05) is 23.7 Å². The molecule has 2 rings (SSSR count). The first-order valence-electron chi connectivity index (χ1n) is 6.09. The van der Waals surface area contributed by atoms with Crippen molar-refractivity contribution in [3.8, 4) is 0 Å². The number of rotatable bonds is 6. The van der Waals surface area contributed by atoms with Gasteiger partial charge in [-0.2, -0.15) is 0 Å². The highest BCUT2D eigenvalue weighted by atomic mass is 35.5. The molecule has 3 heteroatoms. The summed E-state index contributed by atoms with van der Waals surface area (Å²) in [6.07, 6.45) is 2.44. The maximum absolute atomic E-state index is 12.1. The van der Waals surface area contributed by atoms with Crippen LogP contribution in [0.15, 0.2) is 24.3 Å². The number of carbonyl (C=O) groups excluding carboxylic acids is 1. The van der Waals surface area contributed by atoms with Gasteiger partial charge >= 0.3 is 0 Å². The summed E-state index contributed by atoms with van der Waals surface area (Å²) in [5.41, 5.74) is 0.966. The van der Waals surface area contributed by atoms with Crippen molar-refractivity contribution in [3.63, 3.8) is 0 Å². The summed E-state index contributed by atoms with van der Waals surface area (Å²) in [5, 5.41) is 0.676. The highest BCUT2D eigenvalue weighted by Crippen LogP contribution is 2.35. The van der Waals surface area contributed by atoms with Crippen molar-refractivity contribution in [1.82, 2.24) is 0 Å². The molecule has 1 fully saturated rings. The molecule has 1 aromatic rings. The van der Waals surface area contributed by atoms with Gasteiger partial charge in [0, 0.05) is 18.1 Å². The van der Waals surface area contributed by atoms with Crippen LogP contribution in [0.4, 0.5) is 0 Å². The van der Waals surface area contributed by atoms with Crippen molar-refractivity contribution in [1.29, 1.82) is 0 Å². The third kappa shape index (κ3) is 3.55. The third-order valence-corrected chi connectivity index (χ3v) is 3.22. The Morgan fingerprint density at radius 2 is 2.29 bits per heavy atom. The topological polar surface area (TPSA) is 26.3 Å². The van der Waals surface area contributed by atoms with E-state index in [1.165, 1.54) is 0 Å². The maximum Gasteiger partial charge on any atom is 0.166 e. The van der Waals surface area contributed by atoms with Gasteiger partial charge in [-0.15, -0.1) is 0 Å². The largest absolute Gasteiger partial charge is 0.370 e. The van der Waals surface area contributed by atoms with Crippen LogP contribution in [0.25, 0.3) is 0 Å². The average Bonchev–Trinajstić information content (AvgIpc) is 3.09. The minimum atomic E-state index is -0.209. The molecule has 0 heterocycles. The van der Waals surface area contributed by atoms with Crippen molar-refractivity contribution in [3.05, 3.63) is 34.9 Å². The average molecular weight is 253 g/mol. The highest BCUT2D eigenvalue weighted by Gasteiger charge is 2.36. The van der Waals surface area contributed by atoms with Crippen molar-refractivity contribution >= 4 is 17.4 Å². The van der Waals surface area contributed by atoms with Gasteiger partial charge in [0.05, 0.1) is 0 Å². The fourth-order valence-corrected chi connectivity index (χ4v) is 2.23. The zero-order valence-corrected chi connectivity index (χ0v) is 10.7. The Bertz CT molecular complexity index is 399. The number of hydrogen-bond acceptors (Lipinski definition) is 2. The molecule has 1 unspecified atom stereocenters. The van der Waals surface area contributed by atoms with Gasteiger partial charge in [-0.3, -0.25) is 4.79 Å². The number of carbonyl (C=O) groups is 1. The lowest BCUT2D eigenvalue weighted by molar-refractivity contribution is -0.130. The standard InChI is InChI=1S/C14H17ClO2/c1-2-17-14(11-6-7-11)13(16)9-10-4-3-5-12(15)8-10/h3-5,8,11,14H,2,6-7,9H2,1H3. The van der Waals surface area contributed by atoms with Gasteiger partial charge in [0.25, 0.3) is 0 Å². The second kappa shape index (κ2) is 5.65. The molecule has 17 heavy (non-hydrogen) atoms. The first kappa shape index (κ1) is 12.6. The van der Waals surface area contributed by atoms with Crippen LogP contribution in [0.1, 0.15) is 25.3 Å². The Hall–Kier alpha value is -0.860. The predicted molar refractivity (Wildman–Crippen MR) is 68.3 cm³/mol. The second-order valence-corrected chi connectivity index (χ2v) is 4.92. The van der Waals surface area contributed by atoms with Gasteiger partial charge in [-0.25, -0.2) is 0 Å². The van der Waals surface area contributed by atoms with Gasteiger partial charge < -0.3 is 4.74 Å². The lowest BCUT2D eigenvalue weighted by atomic mass is 10.0. The Kier molecular flexibility index (Phi) is 4.19. The van der Waals surface area contributed by atoms with Crippen LogP contribution in [-0.4, -0.2) is 18.5 Å². The minimum absolute atomic E-state index is 0.177. The van der Waals surface area contributed by atoms with Crippen LogP contribution >= 0.6 is 11.6 Å². The number of hydrogen-bond donors (Lipinski definition) is 0. The molecule has 92 valence electrons. The minimum Gasteiger partial charge on any atom is -0.370 e. The molecule has 1 atom stereocenters. The normalized spacial score (nSPS) is 16.8. The van der Waals surface area contributed by atoms with Crippen LogP contribution in [0.2, 0.25) is 5.02 Å². The SMILES string of the molecule is CCOC(C(=O)Cc1cccc(Cl)c1)C1CC1.